The van der Waals surface area contributed by atoms with Crippen LogP contribution in [0.15, 0.2) is 35.7 Å². The molecule has 0 fully saturated rings. The molecule has 2 rings (SSSR count). The van der Waals surface area contributed by atoms with Crippen molar-refractivity contribution in [3.8, 4) is 6.07 Å². The molecule has 2 aromatic rings. The normalized spacial score (nSPS) is 10.0. The van der Waals surface area contributed by atoms with Gasteiger partial charge in [0.1, 0.15) is 0 Å². The first-order valence-corrected chi connectivity index (χ1v) is 7.46. The molecular formula is C15H13ClN2OS. The van der Waals surface area contributed by atoms with Crippen LogP contribution in [0.2, 0.25) is 5.02 Å². The van der Waals surface area contributed by atoms with Crippen LogP contribution in [0.25, 0.3) is 0 Å². The van der Waals surface area contributed by atoms with Crippen LogP contribution in [-0.4, -0.2) is 5.91 Å². The Morgan fingerprint density at radius 1 is 1.40 bits per heavy atom. The number of thiophene rings is 1. The van der Waals surface area contributed by atoms with Gasteiger partial charge in [-0.15, -0.1) is 11.3 Å². The highest BCUT2D eigenvalue weighted by Gasteiger charge is 2.07. The van der Waals surface area contributed by atoms with Crippen molar-refractivity contribution >= 4 is 34.5 Å². The van der Waals surface area contributed by atoms with Crippen molar-refractivity contribution in [2.75, 3.05) is 5.32 Å². The van der Waals surface area contributed by atoms with Gasteiger partial charge in [-0.3, -0.25) is 4.79 Å². The fourth-order valence-electron chi connectivity index (χ4n) is 1.78. The summed E-state index contributed by atoms with van der Waals surface area (Å²) in [4.78, 5) is 13.1. The lowest BCUT2D eigenvalue weighted by molar-refractivity contribution is -0.116. The maximum Gasteiger partial charge on any atom is 0.224 e. The number of nitriles is 1. The molecule has 1 N–H and O–H groups in total. The van der Waals surface area contributed by atoms with Gasteiger partial charge in [0.15, 0.2) is 0 Å². The fourth-order valence-corrected chi connectivity index (χ4v) is 2.70. The number of rotatable bonds is 5. The molecule has 0 bridgehead atoms. The Balaban J connectivity index is 1.86. The number of hydrogen-bond acceptors (Lipinski definition) is 3. The van der Waals surface area contributed by atoms with Crippen LogP contribution in [0.1, 0.15) is 23.3 Å². The van der Waals surface area contributed by atoms with Gasteiger partial charge in [0.05, 0.1) is 22.3 Å². The molecule has 0 unspecified atom stereocenters. The van der Waals surface area contributed by atoms with E-state index in [-0.39, 0.29) is 5.91 Å². The lowest BCUT2D eigenvalue weighted by Crippen LogP contribution is -2.11. The Bertz CT molecular complexity index is 632. The predicted molar refractivity (Wildman–Crippen MR) is 82.1 cm³/mol. The van der Waals surface area contributed by atoms with Crippen LogP contribution in [0, 0.1) is 11.3 Å². The number of carbonyl (C=O) groups excluding carboxylic acids is 1. The molecule has 102 valence electrons. The highest BCUT2D eigenvalue weighted by molar-refractivity contribution is 7.09. The van der Waals surface area contributed by atoms with Crippen molar-refractivity contribution in [2.45, 2.75) is 19.3 Å². The molecule has 5 heteroatoms. The molecule has 3 nitrogen and oxygen atoms in total. The van der Waals surface area contributed by atoms with Gasteiger partial charge in [-0.2, -0.15) is 5.26 Å². The molecule has 0 radical (unpaired) electrons. The molecule has 0 spiro atoms. The summed E-state index contributed by atoms with van der Waals surface area (Å²) >= 11 is 7.69. The van der Waals surface area contributed by atoms with Gasteiger partial charge in [-0.25, -0.2) is 0 Å². The second-order valence-corrected chi connectivity index (χ2v) is 5.73. The Hall–Kier alpha value is -1.83. The fraction of sp³-hybridized carbons (Fsp3) is 0.200. The van der Waals surface area contributed by atoms with E-state index in [2.05, 4.69) is 11.4 Å². The molecule has 0 aliphatic rings. The van der Waals surface area contributed by atoms with Gasteiger partial charge in [-0.1, -0.05) is 17.7 Å². The summed E-state index contributed by atoms with van der Waals surface area (Å²) in [5.41, 5.74) is 0.968. The summed E-state index contributed by atoms with van der Waals surface area (Å²) < 4.78 is 0. The third-order valence-electron chi connectivity index (χ3n) is 2.78. The SMILES string of the molecule is N#Cc1ccc(Cl)c(NC(=O)CCCc2cccs2)c1. The molecule has 0 saturated heterocycles. The van der Waals surface area contributed by atoms with Gasteiger partial charge in [0, 0.05) is 11.3 Å². The van der Waals surface area contributed by atoms with E-state index in [1.165, 1.54) is 4.88 Å². The van der Waals surface area contributed by atoms with E-state index in [1.807, 2.05) is 17.5 Å². The zero-order chi connectivity index (χ0) is 14.4. The highest BCUT2D eigenvalue weighted by atomic mass is 35.5. The number of amides is 1. The molecule has 20 heavy (non-hydrogen) atoms. The van der Waals surface area contributed by atoms with Crippen molar-refractivity contribution in [1.82, 2.24) is 0 Å². The van der Waals surface area contributed by atoms with Crippen LogP contribution in [0.3, 0.4) is 0 Å². The maximum atomic E-state index is 11.8. The first-order valence-electron chi connectivity index (χ1n) is 6.21. The average molecular weight is 305 g/mol. The monoisotopic (exact) mass is 304 g/mol. The first kappa shape index (κ1) is 14.6. The number of carbonyl (C=O) groups is 1. The first-order chi connectivity index (χ1) is 9.69. The van der Waals surface area contributed by atoms with Gasteiger partial charge in [0.2, 0.25) is 5.91 Å². The molecule has 1 aromatic carbocycles. The number of benzene rings is 1. The van der Waals surface area contributed by atoms with Gasteiger partial charge >= 0.3 is 0 Å². The largest absolute Gasteiger partial charge is 0.325 e. The summed E-state index contributed by atoms with van der Waals surface area (Å²) in [6.45, 7) is 0. The second-order valence-electron chi connectivity index (χ2n) is 4.29. The number of hydrogen-bond donors (Lipinski definition) is 1. The summed E-state index contributed by atoms with van der Waals surface area (Å²) in [6.07, 6.45) is 2.13. The molecule has 1 aromatic heterocycles. The highest BCUT2D eigenvalue weighted by Crippen LogP contribution is 2.23. The average Bonchev–Trinajstić information content (AvgIpc) is 2.94. The van der Waals surface area contributed by atoms with Gasteiger partial charge < -0.3 is 5.32 Å². The van der Waals surface area contributed by atoms with Gasteiger partial charge in [0.25, 0.3) is 0 Å². The van der Waals surface area contributed by atoms with Crippen LogP contribution >= 0.6 is 22.9 Å². The second kappa shape index (κ2) is 7.09. The van der Waals surface area contributed by atoms with Crippen molar-refractivity contribution in [3.63, 3.8) is 0 Å². The smallest absolute Gasteiger partial charge is 0.224 e. The van der Waals surface area contributed by atoms with Crippen LogP contribution < -0.4 is 5.32 Å². The summed E-state index contributed by atoms with van der Waals surface area (Å²) in [5, 5.41) is 14.0. The lowest BCUT2D eigenvalue weighted by Gasteiger charge is -2.07. The van der Waals surface area contributed by atoms with Crippen molar-refractivity contribution in [2.24, 2.45) is 0 Å². The van der Waals surface area contributed by atoms with E-state index in [0.29, 0.717) is 22.7 Å². The number of anilines is 1. The van der Waals surface area contributed by atoms with E-state index in [0.717, 1.165) is 12.8 Å². The van der Waals surface area contributed by atoms with Crippen LogP contribution in [0.4, 0.5) is 5.69 Å². The summed E-state index contributed by atoms with van der Waals surface area (Å²) in [7, 11) is 0. The molecule has 0 aliphatic heterocycles. The topological polar surface area (TPSA) is 52.9 Å². The molecular weight excluding hydrogens is 292 g/mol. The molecule has 0 saturated carbocycles. The molecule has 0 atom stereocenters. The minimum absolute atomic E-state index is 0.0847. The quantitative estimate of drug-likeness (QED) is 0.898. The van der Waals surface area contributed by atoms with Crippen LogP contribution in [0.5, 0.6) is 0 Å². The predicted octanol–water partition coefficient (Wildman–Crippen LogP) is 4.23. The van der Waals surface area contributed by atoms with E-state index < -0.39 is 0 Å². The standard InChI is InChI=1S/C15H13ClN2OS/c16-13-7-6-11(10-17)9-14(13)18-15(19)5-1-3-12-4-2-8-20-12/h2,4,6-9H,1,3,5H2,(H,18,19). The van der Waals surface area contributed by atoms with E-state index in [9.17, 15) is 4.79 Å². The van der Waals surface area contributed by atoms with Crippen molar-refractivity contribution < 1.29 is 4.79 Å². The Morgan fingerprint density at radius 3 is 2.95 bits per heavy atom. The van der Waals surface area contributed by atoms with E-state index in [1.54, 1.807) is 29.5 Å². The van der Waals surface area contributed by atoms with Crippen LogP contribution in [-0.2, 0) is 11.2 Å². The lowest BCUT2D eigenvalue weighted by atomic mass is 10.2. The third-order valence-corrected chi connectivity index (χ3v) is 4.04. The maximum absolute atomic E-state index is 11.8. The summed E-state index contributed by atoms with van der Waals surface area (Å²) in [6, 6.07) is 10.9. The summed E-state index contributed by atoms with van der Waals surface area (Å²) in [5.74, 6) is -0.0847. The minimum atomic E-state index is -0.0847. The van der Waals surface area contributed by atoms with Crippen molar-refractivity contribution in [1.29, 1.82) is 5.26 Å². The zero-order valence-electron chi connectivity index (χ0n) is 10.7. The molecule has 1 amide bonds. The van der Waals surface area contributed by atoms with Crippen molar-refractivity contribution in [3.05, 3.63) is 51.2 Å². The van der Waals surface area contributed by atoms with E-state index in [4.69, 9.17) is 16.9 Å². The molecule has 1 heterocycles. The third kappa shape index (κ3) is 4.09. The number of halogens is 1. The zero-order valence-corrected chi connectivity index (χ0v) is 12.3. The Labute approximate surface area is 126 Å². The Kier molecular flexibility index (Phi) is 5.16. The minimum Gasteiger partial charge on any atom is -0.325 e. The van der Waals surface area contributed by atoms with Gasteiger partial charge in [-0.05, 0) is 42.5 Å². The van der Waals surface area contributed by atoms with E-state index >= 15 is 0 Å². The number of nitrogens with zero attached hydrogens (tertiary/aromatic N) is 1. The Morgan fingerprint density at radius 2 is 2.25 bits per heavy atom. The number of aryl methyl sites for hydroxylation is 1. The number of nitrogens with one attached hydrogen (secondary N) is 1. The molecule has 0 aliphatic carbocycles.